The van der Waals surface area contributed by atoms with Crippen molar-refractivity contribution in [1.82, 2.24) is 14.5 Å². The molecule has 1 N–H and O–H groups in total. The van der Waals surface area contributed by atoms with Crippen LogP contribution in [-0.4, -0.2) is 44.1 Å². The normalized spacial score (nSPS) is 22.6. The number of sulfonamides is 1. The van der Waals surface area contributed by atoms with Crippen molar-refractivity contribution >= 4 is 10.0 Å². The highest BCUT2D eigenvalue weighted by Crippen LogP contribution is 2.33. The molecule has 0 bridgehead atoms. The van der Waals surface area contributed by atoms with Crippen molar-refractivity contribution in [3.63, 3.8) is 0 Å². The van der Waals surface area contributed by atoms with Crippen molar-refractivity contribution in [3.05, 3.63) is 36.2 Å². The van der Waals surface area contributed by atoms with Crippen LogP contribution < -0.4 is 14.2 Å². The van der Waals surface area contributed by atoms with E-state index in [0.717, 1.165) is 18.5 Å². The van der Waals surface area contributed by atoms with E-state index >= 15 is 0 Å². The van der Waals surface area contributed by atoms with Gasteiger partial charge in [0.2, 0.25) is 10.0 Å². The summed E-state index contributed by atoms with van der Waals surface area (Å²) in [5, 5.41) is 4.28. The van der Waals surface area contributed by atoms with E-state index in [1.54, 1.807) is 16.9 Å². The van der Waals surface area contributed by atoms with E-state index in [9.17, 15) is 8.42 Å². The van der Waals surface area contributed by atoms with Gasteiger partial charge in [-0.2, -0.15) is 5.10 Å². The lowest BCUT2D eigenvalue weighted by Crippen LogP contribution is -2.42. The molecule has 1 aromatic carbocycles. The number of nitrogens with one attached hydrogen (secondary N) is 1. The van der Waals surface area contributed by atoms with Crippen molar-refractivity contribution in [3.8, 4) is 11.5 Å². The van der Waals surface area contributed by atoms with Gasteiger partial charge in [0.1, 0.15) is 19.3 Å². The van der Waals surface area contributed by atoms with E-state index < -0.39 is 10.0 Å². The molecule has 0 unspecified atom stereocenters. The van der Waals surface area contributed by atoms with Gasteiger partial charge in [0, 0.05) is 31.0 Å². The molecule has 1 fully saturated rings. The van der Waals surface area contributed by atoms with Crippen LogP contribution in [0.3, 0.4) is 0 Å². The van der Waals surface area contributed by atoms with Gasteiger partial charge in [0.15, 0.2) is 11.5 Å². The van der Waals surface area contributed by atoms with Crippen LogP contribution in [0.1, 0.15) is 31.4 Å². The average molecular weight is 393 g/mol. The van der Waals surface area contributed by atoms with E-state index in [4.69, 9.17) is 14.2 Å². The lowest BCUT2D eigenvalue weighted by Gasteiger charge is -2.31. The quantitative estimate of drug-likeness (QED) is 0.834. The van der Waals surface area contributed by atoms with Crippen molar-refractivity contribution in [1.29, 1.82) is 0 Å². The number of aryl methyl sites for hydroxylation is 1. The molecule has 2 atom stereocenters. The predicted molar refractivity (Wildman–Crippen MR) is 97.4 cm³/mol. The molecule has 1 saturated heterocycles. The molecule has 9 heteroatoms. The Labute approximate surface area is 158 Å². The van der Waals surface area contributed by atoms with E-state index in [1.165, 1.54) is 12.1 Å². The van der Waals surface area contributed by atoms with Gasteiger partial charge in [0.25, 0.3) is 0 Å². The van der Waals surface area contributed by atoms with Crippen LogP contribution in [0.15, 0.2) is 35.5 Å². The fourth-order valence-electron chi connectivity index (χ4n) is 3.39. The van der Waals surface area contributed by atoms with Crippen molar-refractivity contribution in [2.24, 2.45) is 0 Å². The maximum atomic E-state index is 12.9. The molecule has 146 valence electrons. The third-order valence-electron chi connectivity index (χ3n) is 4.76. The summed E-state index contributed by atoms with van der Waals surface area (Å²) in [6, 6.07) is 4.31. The molecule has 3 heterocycles. The molecule has 2 aliphatic heterocycles. The Bertz CT molecular complexity index is 911. The molecule has 2 aliphatic rings. The molecule has 8 nitrogen and oxygen atoms in total. The second-order valence-corrected chi connectivity index (χ2v) is 8.31. The second-order valence-electron chi connectivity index (χ2n) is 6.60. The number of ether oxygens (including phenoxy) is 3. The highest BCUT2D eigenvalue weighted by molar-refractivity contribution is 7.89. The van der Waals surface area contributed by atoms with Gasteiger partial charge in [-0.15, -0.1) is 0 Å². The lowest BCUT2D eigenvalue weighted by molar-refractivity contribution is -0.00447. The van der Waals surface area contributed by atoms with E-state index in [-0.39, 0.29) is 17.0 Å². The summed E-state index contributed by atoms with van der Waals surface area (Å²) < 4.78 is 47.3. The van der Waals surface area contributed by atoms with Crippen LogP contribution in [0.25, 0.3) is 0 Å². The molecule has 4 rings (SSSR count). The molecule has 0 amide bonds. The zero-order valence-electron chi connectivity index (χ0n) is 15.1. The van der Waals surface area contributed by atoms with Gasteiger partial charge in [-0.3, -0.25) is 4.68 Å². The number of hydrogen-bond donors (Lipinski definition) is 1. The molecule has 1 aromatic heterocycles. The van der Waals surface area contributed by atoms with Crippen molar-refractivity contribution in [2.45, 2.75) is 43.4 Å². The Balaban J connectivity index is 1.56. The van der Waals surface area contributed by atoms with Gasteiger partial charge in [-0.1, -0.05) is 0 Å². The smallest absolute Gasteiger partial charge is 0.241 e. The number of nitrogens with zero attached hydrogens (tertiary/aromatic N) is 2. The summed E-state index contributed by atoms with van der Waals surface area (Å²) in [5.41, 5.74) is 0.881. The van der Waals surface area contributed by atoms with Crippen LogP contribution in [0.2, 0.25) is 0 Å². The van der Waals surface area contributed by atoms with E-state index in [2.05, 4.69) is 9.82 Å². The zero-order chi connectivity index (χ0) is 18.9. The van der Waals surface area contributed by atoms with E-state index in [1.807, 2.05) is 13.1 Å². The van der Waals surface area contributed by atoms with E-state index in [0.29, 0.717) is 37.7 Å². The Morgan fingerprint density at radius 2 is 2.04 bits per heavy atom. The Morgan fingerprint density at radius 1 is 1.22 bits per heavy atom. The first kappa shape index (κ1) is 18.3. The average Bonchev–Trinajstić information content (AvgIpc) is 3.17. The topological polar surface area (TPSA) is 91.7 Å². The molecule has 0 saturated carbocycles. The van der Waals surface area contributed by atoms with Crippen LogP contribution >= 0.6 is 0 Å². The Kier molecular flexibility index (Phi) is 5.07. The van der Waals surface area contributed by atoms with Gasteiger partial charge >= 0.3 is 0 Å². The summed E-state index contributed by atoms with van der Waals surface area (Å²) in [6.07, 6.45) is 4.79. The molecule has 0 spiro atoms. The second kappa shape index (κ2) is 7.49. The number of benzene rings is 1. The molecule has 0 radical (unpaired) electrons. The first-order valence-electron chi connectivity index (χ1n) is 9.13. The fraction of sp³-hybridized carbons (Fsp3) is 0.500. The first-order valence-corrected chi connectivity index (χ1v) is 10.6. The van der Waals surface area contributed by atoms with Gasteiger partial charge in [-0.05, 0) is 31.9 Å². The fourth-order valence-corrected chi connectivity index (χ4v) is 4.67. The van der Waals surface area contributed by atoms with Crippen LogP contribution in [0, 0.1) is 0 Å². The zero-order valence-corrected chi connectivity index (χ0v) is 15.9. The summed E-state index contributed by atoms with van der Waals surface area (Å²) >= 11 is 0. The van der Waals surface area contributed by atoms with Gasteiger partial charge < -0.3 is 14.2 Å². The molecule has 2 aromatic rings. The van der Waals surface area contributed by atoms with Gasteiger partial charge in [-0.25, -0.2) is 13.1 Å². The number of fused-ring (bicyclic) bond motifs is 1. The lowest BCUT2D eigenvalue weighted by atomic mass is 9.99. The number of rotatable bonds is 5. The number of aromatic nitrogens is 2. The minimum absolute atomic E-state index is 0.153. The largest absolute Gasteiger partial charge is 0.486 e. The number of hydrogen-bond acceptors (Lipinski definition) is 6. The highest BCUT2D eigenvalue weighted by Gasteiger charge is 2.32. The third-order valence-corrected chi connectivity index (χ3v) is 6.25. The monoisotopic (exact) mass is 393 g/mol. The molecule has 0 aliphatic carbocycles. The van der Waals surface area contributed by atoms with Crippen molar-refractivity contribution in [2.75, 3.05) is 19.8 Å². The minimum atomic E-state index is -3.73. The SMILES string of the molecule is CCn1cc([C@H]2OCCC[C@@H]2NS(=O)(=O)c2ccc3c(c2)OCCO3)cn1. The minimum Gasteiger partial charge on any atom is -0.486 e. The summed E-state index contributed by atoms with van der Waals surface area (Å²) in [5.74, 6) is 1.01. The third kappa shape index (κ3) is 3.80. The van der Waals surface area contributed by atoms with Gasteiger partial charge in [0.05, 0.1) is 17.1 Å². The van der Waals surface area contributed by atoms with Crippen LogP contribution in [0.5, 0.6) is 11.5 Å². The highest BCUT2D eigenvalue weighted by atomic mass is 32.2. The van der Waals surface area contributed by atoms with Crippen LogP contribution in [0.4, 0.5) is 0 Å². The predicted octanol–water partition coefficient (Wildman–Crippen LogP) is 1.87. The summed E-state index contributed by atoms with van der Waals surface area (Å²) in [4.78, 5) is 0.153. The standard InChI is InChI=1S/C18H23N3O5S/c1-2-21-12-13(11-19-21)18-15(4-3-7-26-18)20-27(22,23)14-5-6-16-17(10-14)25-9-8-24-16/h5-6,10-12,15,18,20H,2-4,7-9H2,1H3/t15-,18+/m0/s1. The summed E-state index contributed by atoms with van der Waals surface area (Å²) in [7, 11) is -3.73. The molecular formula is C18H23N3O5S. The maximum Gasteiger partial charge on any atom is 0.241 e. The Morgan fingerprint density at radius 3 is 2.81 bits per heavy atom. The first-order chi connectivity index (χ1) is 13.1. The molecule has 27 heavy (non-hydrogen) atoms. The molecular weight excluding hydrogens is 370 g/mol. The Hall–Kier alpha value is -2.10. The summed E-state index contributed by atoms with van der Waals surface area (Å²) in [6.45, 7) is 4.22. The van der Waals surface area contributed by atoms with Crippen molar-refractivity contribution < 1.29 is 22.6 Å². The maximum absolute atomic E-state index is 12.9. The van der Waals surface area contributed by atoms with Crippen LogP contribution in [-0.2, 0) is 21.3 Å².